The van der Waals surface area contributed by atoms with E-state index in [1.54, 1.807) is 31.1 Å². The minimum atomic E-state index is 0.545. The van der Waals surface area contributed by atoms with Gasteiger partial charge < -0.3 is 9.73 Å². The summed E-state index contributed by atoms with van der Waals surface area (Å²) in [4.78, 5) is 17.6. The van der Waals surface area contributed by atoms with E-state index in [0.29, 0.717) is 18.2 Å². The molecule has 4 heterocycles. The highest BCUT2D eigenvalue weighted by Crippen LogP contribution is 2.23. The molecule has 0 aliphatic heterocycles. The van der Waals surface area contributed by atoms with Gasteiger partial charge in [-0.05, 0) is 36.4 Å². The number of rotatable bonds is 5. The number of anilines is 1. The molecule has 0 bridgehead atoms. The van der Waals surface area contributed by atoms with Crippen molar-refractivity contribution >= 4 is 5.82 Å². The Morgan fingerprint density at radius 3 is 2.36 bits per heavy atom. The molecular formula is C19H15N5O. The molecule has 122 valence electrons. The van der Waals surface area contributed by atoms with Crippen LogP contribution in [0, 0.1) is 0 Å². The van der Waals surface area contributed by atoms with Crippen molar-refractivity contribution in [1.29, 1.82) is 0 Å². The number of pyridine rings is 2. The van der Waals surface area contributed by atoms with Gasteiger partial charge in [0.2, 0.25) is 0 Å². The molecule has 0 atom stereocenters. The molecule has 0 saturated heterocycles. The molecule has 0 spiro atoms. The van der Waals surface area contributed by atoms with Crippen molar-refractivity contribution < 1.29 is 4.42 Å². The summed E-state index contributed by atoms with van der Waals surface area (Å²) in [5, 5.41) is 3.28. The summed E-state index contributed by atoms with van der Waals surface area (Å²) in [7, 11) is 0. The second-order valence-electron chi connectivity index (χ2n) is 5.38. The van der Waals surface area contributed by atoms with E-state index < -0.39 is 0 Å². The zero-order chi connectivity index (χ0) is 16.9. The summed E-state index contributed by atoms with van der Waals surface area (Å²) in [5.74, 6) is 2.16. The van der Waals surface area contributed by atoms with Gasteiger partial charge in [0.05, 0.1) is 18.5 Å². The molecule has 0 aliphatic rings. The Balaban J connectivity index is 1.72. The topological polar surface area (TPSA) is 76.7 Å². The average molecular weight is 329 g/mol. The summed E-state index contributed by atoms with van der Waals surface area (Å²) >= 11 is 0. The van der Waals surface area contributed by atoms with E-state index in [1.165, 1.54) is 0 Å². The maximum Gasteiger partial charge on any atom is 0.163 e. The fourth-order valence-corrected chi connectivity index (χ4v) is 2.41. The highest BCUT2D eigenvalue weighted by atomic mass is 16.3. The van der Waals surface area contributed by atoms with Gasteiger partial charge in [-0.2, -0.15) is 0 Å². The van der Waals surface area contributed by atoms with E-state index in [0.717, 1.165) is 22.6 Å². The highest BCUT2D eigenvalue weighted by Gasteiger charge is 2.09. The minimum absolute atomic E-state index is 0.545. The highest BCUT2D eigenvalue weighted by molar-refractivity contribution is 5.66. The van der Waals surface area contributed by atoms with Crippen molar-refractivity contribution in [3.05, 3.63) is 79.3 Å². The minimum Gasteiger partial charge on any atom is -0.467 e. The second-order valence-corrected chi connectivity index (χ2v) is 5.38. The van der Waals surface area contributed by atoms with E-state index in [-0.39, 0.29) is 0 Å². The maximum atomic E-state index is 5.36. The molecule has 0 aliphatic carbocycles. The lowest BCUT2D eigenvalue weighted by atomic mass is 10.2. The molecule has 25 heavy (non-hydrogen) atoms. The number of hydrogen-bond donors (Lipinski definition) is 1. The Bertz CT molecular complexity index is 882. The second kappa shape index (κ2) is 6.92. The standard InChI is InChI=1S/C19H15N5O/c1-4-14(11-20-7-1)17-10-18(22-13-16-6-3-9-25-16)24-19(23-17)15-5-2-8-21-12-15/h1-12H,13H2,(H,22,23,24). The molecule has 0 fully saturated rings. The molecule has 6 heteroatoms. The van der Waals surface area contributed by atoms with Crippen molar-refractivity contribution in [2.24, 2.45) is 0 Å². The molecule has 6 nitrogen and oxygen atoms in total. The SMILES string of the molecule is c1cncc(-c2cc(NCc3ccco3)nc(-c3cccnc3)n2)c1. The van der Waals surface area contributed by atoms with E-state index in [1.807, 2.05) is 42.5 Å². The number of hydrogen-bond acceptors (Lipinski definition) is 6. The summed E-state index contributed by atoms with van der Waals surface area (Å²) in [6.07, 6.45) is 8.65. The van der Waals surface area contributed by atoms with Crippen LogP contribution in [0.5, 0.6) is 0 Å². The predicted molar refractivity (Wildman–Crippen MR) is 94.5 cm³/mol. The monoisotopic (exact) mass is 329 g/mol. The first-order valence-corrected chi connectivity index (χ1v) is 7.84. The Labute approximate surface area is 144 Å². The van der Waals surface area contributed by atoms with E-state index in [9.17, 15) is 0 Å². The van der Waals surface area contributed by atoms with Gasteiger partial charge in [0.25, 0.3) is 0 Å². The summed E-state index contributed by atoms with van der Waals surface area (Å²) in [6.45, 7) is 0.545. The van der Waals surface area contributed by atoms with Gasteiger partial charge in [0.1, 0.15) is 11.6 Å². The van der Waals surface area contributed by atoms with E-state index in [4.69, 9.17) is 4.42 Å². The van der Waals surface area contributed by atoms with Crippen LogP contribution in [0.3, 0.4) is 0 Å². The molecule has 4 aromatic heterocycles. The third-order valence-corrected chi connectivity index (χ3v) is 3.63. The normalized spacial score (nSPS) is 10.6. The Hall–Kier alpha value is -3.54. The van der Waals surface area contributed by atoms with E-state index in [2.05, 4.69) is 25.3 Å². The molecule has 0 amide bonds. The zero-order valence-electron chi connectivity index (χ0n) is 13.3. The first-order valence-electron chi connectivity index (χ1n) is 7.84. The van der Waals surface area contributed by atoms with Gasteiger partial charge >= 0.3 is 0 Å². The van der Waals surface area contributed by atoms with Crippen molar-refractivity contribution in [3.8, 4) is 22.6 Å². The summed E-state index contributed by atoms with van der Waals surface area (Å²) in [5.41, 5.74) is 2.58. The first-order chi connectivity index (χ1) is 12.4. The molecule has 0 radical (unpaired) electrons. The molecule has 4 aromatic rings. The lowest BCUT2D eigenvalue weighted by Crippen LogP contribution is -2.03. The fourth-order valence-electron chi connectivity index (χ4n) is 2.41. The maximum absolute atomic E-state index is 5.36. The number of aromatic nitrogens is 4. The van der Waals surface area contributed by atoms with Crippen molar-refractivity contribution in [3.63, 3.8) is 0 Å². The van der Waals surface area contributed by atoms with Crippen LogP contribution in [0.25, 0.3) is 22.6 Å². The molecule has 0 unspecified atom stereocenters. The summed E-state index contributed by atoms with van der Waals surface area (Å²) in [6, 6.07) is 13.3. The molecular weight excluding hydrogens is 314 g/mol. The van der Waals surface area contributed by atoms with Crippen molar-refractivity contribution in [2.75, 3.05) is 5.32 Å². The van der Waals surface area contributed by atoms with Crippen LogP contribution in [0.2, 0.25) is 0 Å². The smallest absolute Gasteiger partial charge is 0.163 e. The van der Waals surface area contributed by atoms with Gasteiger partial charge in [-0.1, -0.05) is 0 Å². The molecule has 4 rings (SSSR count). The number of nitrogens with one attached hydrogen (secondary N) is 1. The quantitative estimate of drug-likeness (QED) is 0.600. The fraction of sp³-hybridized carbons (Fsp3) is 0.0526. The van der Waals surface area contributed by atoms with Crippen LogP contribution in [-0.4, -0.2) is 19.9 Å². The molecule has 1 N–H and O–H groups in total. The Morgan fingerprint density at radius 2 is 1.68 bits per heavy atom. The van der Waals surface area contributed by atoms with Gasteiger partial charge in [-0.3, -0.25) is 9.97 Å². The van der Waals surface area contributed by atoms with Crippen LogP contribution in [-0.2, 0) is 6.54 Å². The Morgan fingerprint density at radius 1 is 0.880 bits per heavy atom. The van der Waals surface area contributed by atoms with Crippen molar-refractivity contribution in [2.45, 2.75) is 6.54 Å². The van der Waals surface area contributed by atoms with Crippen molar-refractivity contribution in [1.82, 2.24) is 19.9 Å². The largest absolute Gasteiger partial charge is 0.467 e. The van der Waals surface area contributed by atoms with Gasteiger partial charge in [0.15, 0.2) is 5.82 Å². The van der Waals surface area contributed by atoms with Gasteiger partial charge in [-0.25, -0.2) is 9.97 Å². The van der Waals surface area contributed by atoms with E-state index >= 15 is 0 Å². The van der Waals surface area contributed by atoms with Crippen LogP contribution >= 0.6 is 0 Å². The number of nitrogens with zero attached hydrogens (tertiary/aromatic N) is 4. The molecule has 0 aromatic carbocycles. The zero-order valence-corrected chi connectivity index (χ0v) is 13.3. The van der Waals surface area contributed by atoms with Gasteiger partial charge in [-0.15, -0.1) is 0 Å². The first kappa shape index (κ1) is 15.0. The number of furan rings is 1. The van der Waals surface area contributed by atoms with Gasteiger partial charge in [0, 0.05) is 42.0 Å². The predicted octanol–water partition coefficient (Wildman–Crippen LogP) is 3.81. The summed E-state index contributed by atoms with van der Waals surface area (Å²) < 4.78 is 5.36. The third kappa shape index (κ3) is 3.53. The van der Waals surface area contributed by atoms with Crippen LogP contribution in [0.1, 0.15) is 5.76 Å². The lowest BCUT2D eigenvalue weighted by Gasteiger charge is -2.09. The van der Waals surface area contributed by atoms with Crippen LogP contribution in [0.4, 0.5) is 5.82 Å². The molecule has 0 saturated carbocycles. The third-order valence-electron chi connectivity index (χ3n) is 3.63. The lowest BCUT2D eigenvalue weighted by molar-refractivity contribution is 0.518. The average Bonchev–Trinajstić information content (AvgIpc) is 3.21. The van der Waals surface area contributed by atoms with Crippen LogP contribution in [0.15, 0.2) is 77.9 Å². The van der Waals surface area contributed by atoms with Crippen LogP contribution < -0.4 is 5.32 Å². The Kier molecular flexibility index (Phi) is 4.16.